The van der Waals surface area contributed by atoms with Gasteiger partial charge in [-0.05, 0) is 17.8 Å². The van der Waals surface area contributed by atoms with E-state index in [1.807, 2.05) is 30.3 Å². The highest BCUT2D eigenvalue weighted by Crippen LogP contribution is 2.26. The molecule has 0 radical (unpaired) electrons. The molecular formula is C12H10N4OS. The summed E-state index contributed by atoms with van der Waals surface area (Å²) in [5.74, 6) is 0.511. The SMILES string of the molecule is O=c1[nH]cnc2c1C(c1ccccc1)NC(=S)N2. The van der Waals surface area contributed by atoms with Gasteiger partial charge in [0.15, 0.2) is 5.11 Å². The van der Waals surface area contributed by atoms with Crippen LogP contribution in [0.3, 0.4) is 0 Å². The molecule has 0 aliphatic carbocycles. The van der Waals surface area contributed by atoms with E-state index >= 15 is 0 Å². The lowest BCUT2D eigenvalue weighted by Gasteiger charge is -2.27. The first kappa shape index (κ1) is 10.9. The highest BCUT2D eigenvalue weighted by atomic mass is 32.1. The van der Waals surface area contributed by atoms with Gasteiger partial charge >= 0.3 is 0 Å². The Morgan fingerprint density at radius 2 is 2.00 bits per heavy atom. The molecule has 3 rings (SSSR count). The molecular weight excluding hydrogens is 248 g/mol. The number of nitrogens with one attached hydrogen (secondary N) is 3. The molecule has 1 aliphatic rings. The number of hydrogen-bond acceptors (Lipinski definition) is 3. The van der Waals surface area contributed by atoms with E-state index in [-0.39, 0.29) is 11.6 Å². The van der Waals surface area contributed by atoms with Crippen LogP contribution in [0.4, 0.5) is 5.82 Å². The number of aromatic nitrogens is 2. The lowest BCUT2D eigenvalue weighted by Crippen LogP contribution is -2.41. The van der Waals surface area contributed by atoms with E-state index in [1.54, 1.807) is 0 Å². The Labute approximate surface area is 108 Å². The third-order valence-electron chi connectivity index (χ3n) is 2.82. The summed E-state index contributed by atoms with van der Waals surface area (Å²) in [6.45, 7) is 0. The maximum Gasteiger partial charge on any atom is 0.258 e. The molecule has 1 aromatic carbocycles. The summed E-state index contributed by atoms with van der Waals surface area (Å²) in [7, 11) is 0. The summed E-state index contributed by atoms with van der Waals surface area (Å²) < 4.78 is 0. The normalized spacial score (nSPS) is 17.6. The number of rotatable bonds is 1. The number of nitrogens with zero attached hydrogens (tertiary/aromatic N) is 1. The minimum Gasteiger partial charge on any atom is -0.351 e. The molecule has 1 aromatic heterocycles. The maximum atomic E-state index is 11.9. The predicted octanol–water partition coefficient (Wildman–Crippen LogP) is 1.16. The molecule has 1 unspecified atom stereocenters. The number of H-pyrrole nitrogens is 1. The highest BCUT2D eigenvalue weighted by Gasteiger charge is 2.27. The molecule has 0 amide bonds. The zero-order chi connectivity index (χ0) is 12.5. The van der Waals surface area contributed by atoms with Crippen LogP contribution in [0.25, 0.3) is 0 Å². The molecule has 0 saturated carbocycles. The fourth-order valence-electron chi connectivity index (χ4n) is 2.02. The highest BCUT2D eigenvalue weighted by molar-refractivity contribution is 7.80. The van der Waals surface area contributed by atoms with Crippen LogP contribution in [0.2, 0.25) is 0 Å². The average molecular weight is 258 g/mol. The summed E-state index contributed by atoms with van der Waals surface area (Å²) in [5.41, 5.74) is 1.36. The van der Waals surface area contributed by atoms with Crippen molar-refractivity contribution in [3.63, 3.8) is 0 Å². The van der Waals surface area contributed by atoms with Crippen molar-refractivity contribution in [2.45, 2.75) is 6.04 Å². The topological polar surface area (TPSA) is 69.8 Å². The summed E-state index contributed by atoms with van der Waals surface area (Å²) >= 11 is 5.13. The number of benzene rings is 1. The summed E-state index contributed by atoms with van der Waals surface area (Å²) in [6.07, 6.45) is 1.37. The fourth-order valence-corrected chi connectivity index (χ4v) is 2.23. The van der Waals surface area contributed by atoms with Gasteiger partial charge in [-0.25, -0.2) is 4.98 Å². The molecule has 2 aromatic rings. The van der Waals surface area contributed by atoms with Crippen molar-refractivity contribution >= 4 is 23.1 Å². The Bertz CT molecular complexity index is 653. The summed E-state index contributed by atoms with van der Waals surface area (Å²) in [5, 5.41) is 6.45. The minimum absolute atomic E-state index is 0.170. The van der Waals surface area contributed by atoms with E-state index in [2.05, 4.69) is 20.6 Å². The average Bonchev–Trinajstić information content (AvgIpc) is 2.39. The van der Waals surface area contributed by atoms with E-state index in [9.17, 15) is 4.79 Å². The second-order valence-corrected chi connectivity index (χ2v) is 4.34. The van der Waals surface area contributed by atoms with Crippen molar-refractivity contribution in [2.75, 3.05) is 5.32 Å². The lowest BCUT2D eigenvalue weighted by atomic mass is 9.99. The van der Waals surface area contributed by atoms with Gasteiger partial charge in [-0.1, -0.05) is 30.3 Å². The van der Waals surface area contributed by atoms with Gasteiger partial charge in [0, 0.05) is 0 Å². The molecule has 0 bridgehead atoms. The van der Waals surface area contributed by atoms with Gasteiger partial charge in [-0.2, -0.15) is 0 Å². The van der Waals surface area contributed by atoms with Crippen LogP contribution in [0.5, 0.6) is 0 Å². The van der Waals surface area contributed by atoms with Gasteiger partial charge in [-0.15, -0.1) is 0 Å². The monoisotopic (exact) mass is 258 g/mol. The molecule has 2 heterocycles. The first-order valence-electron chi connectivity index (χ1n) is 5.46. The number of hydrogen-bond donors (Lipinski definition) is 3. The van der Waals surface area contributed by atoms with Crippen molar-refractivity contribution in [3.8, 4) is 0 Å². The molecule has 1 atom stereocenters. The second-order valence-electron chi connectivity index (χ2n) is 3.94. The number of aromatic amines is 1. The standard InChI is InChI=1S/C12H10N4OS/c17-11-8-9(7-4-2-1-3-5-7)15-12(18)16-10(8)13-6-14-11/h1-6,9H,(H3,13,14,15,16,17,18). The van der Waals surface area contributed by atoms with E-state index in [0.29, 0.717) is 16.5 Å². The first-order valence-corrected chi connectivity index (χ1v) is 5.86. The molecule has 5 nitrogen and oxygen atoms in total. The van der Waals surface area contributed by atoms with Crippen LogP contribution in [0, 0.1) is 0 Å². The molecule has 1 aliphatic heterocycles. The fraction of sp³-hybridized carbons (Fsp3) is 0.0833. The first-order chi connectivity index (χ1) is 8.75. The Morgan fingerprint density at radius 1 is 1.22 bits per heavy atom. The third-order valence-corrected chi connectivity index (χ3v) is 3.04. The lowest BCUT2D eigenvalue weighted by molar-refractivity contribution is 0.736. The molecule has 0 fully saturated rings. The van der Waals surface area contributed by atoms with Crippen LogP contribution in [-0.4, -0.2) is 15.1 Å². The van der Waals surface area contributed by atoms with Gasteiger partial charge in [0.1, 0.15) is 5.82 Å². The Hall–Kier alpha value is -2.21. The molecule has 0 saturated heterocycles. The van der Waals surface area contributed by atoms with Gasteiger partial charge < -0.3 is 15.6 Å². The van der Waals surface area contributed by atoms with Gasteiger partial charge in [0.2, 0.25) is 0 Å². The number of thiocarbonyl (C=S) groups is 1. The van der Waals surface area contributed by atoms with Gasteiger partial charge in [-0.3, -0.25) is 4.79 Å². The Morgan fingerprint density at radius 3 is 2.78 bits per heavy atom. The van der Waals surface area contributed by atoms with E-state index < -0.39 is 0 Å². The molecule has 18 heavy (non-hydrogen) atoms. The quantitative estimate of drug-likeness (QED) is 0.670. The van der Waals surface area contributed by atoms with Crippen LogP contribution in [0.1, 0.15) is 17.2 Å². The number of fused-ring (bicyclic) bond motifs is 1. The van der Waals surface area contributed by atoms with Crippen molar-refractivity contribution in [2.24, 2.45) is 0 Å². The third kappa shape index (κ3) is 1.76. The van der Waals surface area contributed by atoms with Crippen molar-refractivity contribution in [1.29, 1.82) is 0 Å². The molecule has 3 N–H and O–H groups in total. The summed E-state index contributed by atoms with van der Waals surface area (Å²) in [6, 6.07) is 9.40. The van der Waals surface area contributed by atoms with Crippen molar-refractivity contribution in [1.82, 2.24) is 15.3 Å². The predicted molar refractivity (Wildman–Crippen MR) is 72.5 cm³/mol. The largest absolute Gasteiger partial charge is 0.351 e. The van der Waals surface area contributed by atoms with E-state index in [0.717, 1.165) is 5.56 Å². The molecule has 6 heteroatoms. The Kier molecular flexibility index (Phi) is 2.56. The molecule has 90 valence electrons. The smallest absolute Gasteiger partial charge is 0.258 e. The van der Waals surface area contributed by atoms with Gasteiger partial charge in [0.25, 0.3) is 5.56 Å². The van der Waals surface area contributed by atoms with Crippen LogP contribution in [0.15, 0.2) is 41.5 Å². The van der Waals surface area contributed by atoms with E-state index in [4.69, 9.17) is 12.2 Å². The molecule has 0 spiro atoms. The van der Waals surface area contributed by atoms with Crippen molar-refractivity contribution in [3.05, 3.63) is 58.1 Å². The minimum atomic E-state index is -0.271. The maximum absolute atomic E-state index is 11.9. The van der Waals surface area contributed by atoms with Crippen molar-refractivity contribution < 1.29 is 0 Å². The second kappa shape index (κ2) is 4.23. The van der Waals surface area contributed by atoms with Gasteiger partial charge in [0.05, 0.1) is 17.9 Å². The summed E-state index contributed by atoms with van der Waals surface area (Å²) in [4.78, 5) is 18.6. The zero-order valence-electron chi connectivity index (χ0n) is 9.31. The van der Waals surface area contributed by atoms with E-state index in [1.165, 1.54) is 6.33 Å². The Balaban J connectivity index is 2.19. The van der Waals surface area contributed by atoms with Crippen LogP contribution >= 0.6 is 12.2 Å². The number of anilines is 1. The zero-order valence-corrected chi connectivity index (χ0v) is 10.1. The van der Waals surface area contributed by atoms with Crippen LogP contribution < -0.4 is 16.2 Å². The van der Waals surface area contributed by atoms with Crippen LogP contribution in [-0.2, 0) is 0 Å².